The fourth-order valence-electron chi connectivity index (χ4n) is 2.33. The van der Waals surface area contributed by atoms with Gasteiger partial charge in [0.15, 0.2) is 0 Å². The maximum atomic E-state index is 4.03. The maximum absolute atomic E-state index is 4.03. The normalized spacial score (nSPS) is 14.7. The van der Waals surface area contributed by atoms with E-state index in [2.05, 4.69) is 46.7 Å². The van der Waals surface area contributed by atoms with Gasteiger partial charge in [-0.3, -0.25) is 4.98 Å². The molecule has 2 nitrogen and oxygen atoms in total. The van der Waals surface area contributed by atoms with Crippen molar-refractivity contribution in [1.82, 2.24) is 10.3 Å². The van der Waals surface area contributed by atoms with E-state index < -0.39 is 0 Å². The molecule has 0 amide bonds. The summed E-state index contributed by atoms with van der Waals surface area (Å²) in [5.74, 6) is 0.823. The third-order valence-electron chi connectivity index (χ3n) is 3.47. The first-order chi connectivity index (χ1) is 8.93. The van der Waals surface area contributed by atoms with Gasteiger partial charge in [0.25, 0.3) is 0 Å². The van der Waals surface area contributed by atoms with Crippen LogP contribution in [0.25, 0.3) is 0 Å². The highest BCUT2D eigenvalue weighted by Gasteiger charge is 2.25. The van der Waals surface area contributed by atoms with Gasteiger partial charge in [-0.1, -0.05) is 24.3 Å². The van der Waals surface area contributed by atoms with Gasteiger partial charge in [-0.25, -0.2) is 0 Å². The van der Waals surface area contributed by atoms with Crippen LogP contribution in [0.2, 0.25) is 0 Å². The fraction of sp³-hybridized carbons (Fsp3) is 0.312. The van der Waals surface area contributed by atoms with Crippen molar-refractivity contribution in [3.63, 3.8) is 0 Å². The van der Waals surface area contributed by atoms with E-state index in [1.165, 1.54) is 24.0 Å². The van der Waals surface area contributed by atoms with Crippen LogP contribution in [0.5, 0.6) is 0 Å². The molecule has 3 rings (SSSR count). The Hall–Kier alpha value is -1.67. The molecule has 0 spiro atoms. The molecule has 1 aliphatic rings. The smallest absolute Gasteiger partial charge is 0.0271 e. The van der Waals surface area contributed by atoms with Crippen molar-refractivity contribution in [3.05, 3.63) is 65.5 Å². The Morgan fingerprint density at radius 1 is 1.00 bits per heavy atom. The second-order valence-electron chi connectivity index (χ2n) is 4.93. The molecule has 0 saturated heterocycles. The van der Waals surface area contributed by atoms with Crippen molar-refractivity contribution < 1.29 is 0 Å². The predicted molar refractivity (Wildman–Crippen MR) is 73.2 cm³/mol. The largest absolute Gasteiger partial charge is 0.309 e. The minimum atomic E-state index is 0.823. The molecule has 1 heterocycles. The van der Waals surface area contributed by atoms with Gasteiger partial charge in [0.1, 0.15) is 0 Å². The summed E-state index contributed by atoms with van der Waals surface area (Å²) in [4.78, 5) is 4.03. The molecule has 92 valence electrons. The minimum Gasteiger partial charge on any atom is -0.309 e. The van der Waals surface area contributed by atoms with Gasteiger partial charge in [-0.15, -0.1) is 0 Å². The molecule has 1 aromatic carbocycles. The summed E-state index contributed by atoms with van der Waals surface area (Å²) < 4.78 is 0. The van der Waals surface area contributed by atoms with Gasteiger partial charge in [0.2, 0.25) is 0 Å². The third kappa shape index (κ3) is 2.77. The van der Waals surface area contributed by atoms with Crippen LogP contribution in [0.3, 0.4) is 0 Å². The van der Waals surface area contributed by atoms with Gasteiger partial charge in [0, 0.05) is 25.5 Å². The van der Waals surface area contributed by atoms with Crippen LogP contribution in [0.1, 0.15) is 35.4 Å². The number of hydrogen-bond donors (Lipinski definition) is 1. The quantitative estimate of drug-likeness (QED) is 0.865. The Labute approximate surface area is 108 Å². The SMILES string of the molecule is c1ccc(C2CC2)c(CNCc2ccncc2)c1. The second kappa shape index (κ2) is 5.32. The standard InChI is InChI=1S/C16H18N2/c1-2-4-16(14-5-6-14)15(3-1)12-18-11-13-7-9-17-10-8-13/h1-4,7-10,14,18H,5-6,11-12H2. The first-order valence-corrected chi connectivity index (χ1v) is 6.61. The fourth-order valence-corrected chi connectivity index (χ4v) is 2.33. The van der Waals surface area contributed by atoms with E-state index in [-0.39, 0.29) is 0 Å². The zero-order valence-corrected chi connectivity index (χ0v) is 10.5. The summed E-state index contributed by atoms with van der Waals surface area (Å²) >= 11 is 0. The molecule has 1 aliphatic carbocycles. The van der Waals surface area contributed by atoms with E-state index in [0.29, 0.717) is 0 Å². The Morgan fingerprint density at radius 3 is 2.56 bits per heavy atom. The highest BCUT2D eigenvalue weighted by atomic mass is 14.8. The van der Waals surface area contributed by atoms with Crippen molar-refractivity contribution in [3.8, 4) is 0 Å². The molecule has 1 fully saturated rings. The van der Waals surface area contributed by atoms with Gasteiger partial charge in [0.05, 0.1) is 0 Å². The molecule has 1 aromatic heterocycles. The van der Waals surface area contributed by atoms with Gasteiger partial charge in [-0.2, -0.15) is 0 Å². The highest BCUT2D eigenvalue weighted by Crippen LogP contribution is 2.41. The lowest BCUT2D eigenvalue weighted by molar-refractivity contribution is 0.687. The zero-order valence-electron chi connectivity index (χ0n) is 10.5. The maximum Gasteiger partial charge on any atom is 0.0271 e. The first kappa shape index (κ1) is 11.4. The topological polar surface area (TPSA) is 24.9 Å². The number of benzene rings is 1. The van der Waals surface area contributed by atoms with E-state index in [1.807, 2.05) is 12.4 Å². The number of hydrogen-bond acceptors (Lipinski definition) is 2. The summed E-state index contributed by atoms with van der Waals surface area (Å²) in [5, 5.41) is 3.51. The molecule has 18 heavy (non-hydrogen) atoms. The Bertz CT molecular complexity index is 504. The average Bonchev–Trinajstić information content (AvgIpc) is 3.25. The molecule has 2 heteroatoms. The van der Waals surface area contributed by atoms with Crippen LogP contribution in [0.15, 0.2) is 48.8 Å². The second-order valence-corrected chi connectivity index (χ2v) is 4.93. The summed E-state index contributed by atoms with van der Waals surface area (Å²) in [6.07, 6.45) is 6.41. The Kier molecular flexibility index (Phi) is 3.37. The van der Waals surface area contributed by atoms with Crippen molar-refractivity contribution in [1.29, 1.82) is 0 Å². The number of nitrogens with zero attached hydrogens (tertiary/aromatic N) is 1. The van der Waals surface area contributed by atoms with Crippen LogP contribution in [-0.4, -0.2) is 4.98 Å². The molecule has 0 atom stereocenters. The number of aromatic nitrogens is 1. The van der Waals surface area contributed by atoms with E-state index in [0.717, 1.165) is 19.0 Å². The van der Waals surface area contributed by atoms with Crippen LogP contribution in [0, 0.1) is 0 Å². The average molecular weight is 238 g/mol. The lowest BCUT2D eigenvalue weighted by atomic mass is 10.0. The molecular formula is C16H18N2. The summed E-state index contributed by atoms with van der Waals surface area (Å²) in [6.45, 7) is 1.86. The van der Waals surface area contributed by atoms with Crippen molar-refractivity contribution >= 4 is 0 Å². The Balaban J connectivity index is 1.60. The zero-order chi connectivity index (χ0) is 12.2. The molecule has 2 aromatic rings. The van der Waals surface area contributed by atoms with E-state index in [1.54, 1.807) is 5.56 Å². The van der Waals surface area contributed by atoms with Gasteiger partial charge in [-0.05, 0) is 47.6 Å². The molecule has 1 N–H and O–H groups in total. The molecule has 0 bridgehead atoms. The van der Waals surface area contributed by atoms with Crippen molar-refractivity contribution in [2.75, 3.05) is 0 Å². The van der Waals surface area contributed by atoms with Crippen LogP contribution in [0.4, 0.5) is 0 Å². The molecule has 1 saturated carbocycles. The minimum absolute atomic E-state index is 0.823. The number of pyridine rings is 1. The lowest BCUT2D eigenvalue weighted by Crippen LogP contribution is -2.13. The summed E-state index contributed by atoms with van der Waals surface area (Å²) in [7, 11) is 0. The molecule has 0 aliphatic heterocycles. The molecular weight excluding hydrogens is 220 g/mol. The van der Waals surface area contributed by atoms with E-state index in [9.17, 15) is 0 Å². The van der Waals surface area contributed by atoms with Gasteiger partial charge < -0.3 is 5.32 Å². The monoisotopic (exact) mass is 238 g/mol. The summed E-state index contributed by atoms with van der Waals surface area (Å²) in [6, 6.07) is 12.9. The van der Waals surface area contributed by atoms with Crippen LogP contribution in [-0.2, 0) is 13.1 Å². The summed E-state index contributed by atoms with van der Waals surface area (Å²) in [5.41, 5.74) is 4.28. The number of rotatable bonds is 5. The molecule has 0 unspecified atom stereocenters. The van der Waals surface area contributed by atoms with E-state index in [4.69, 9.17) is 0 Å². The molecule has 0 radical (unpaired) electrons. The van der Waals surface area contributed by atoms with Crippen LogP contribution < -0.4 is 5.32 Å². The van der Waals surface area contributed by atoms with Crippen LogP contribution >= 0.6 is 0 Å². The number of nitrogens with one attached hydrogen (secondary N) is 1. The van der Waals surface area contributed by atoms with Gasteiger partial charge >= 0.3 is 0 Å². The predicted octanol–water partition coefficient (Wildman–Crippen LogP) is 3.25. The first-order valence-electron chi connectivity index (χ1n) is 6.61. The lowest BCUT2D eigenvalue weighted by Gasteiger charge is -2.09. The van der Waals surface area contributed by atoms with Crippen molar-refractivity contribution in [2.45, 2.75) is 31.8 Å². The third-order valence-corrected chi connectivity index (χ3v) is 3.47. The van der Waals surface area contributed by atoms with Crippen molar-refractivity contribution in [2.24, 2.45) is 0 Å². The van der Waals surface area contributed by atoms with E-state index >= 15 is 0 Å². The Morgan fingerprint density at radius 2 is 1.78 bits per heavy atom. The highest BCUT2D eigenvalue weighted by molar-refractivity contribution is 5.33.